The van der Waals surface area contributed by atoms with Crippen molar-refractivity contribution in [2.45, 2.75) is 51.4 Å². The Morgan fingerprint density at radius 3 is 2.61 bits per heavy atom. The molecule has 2 N–H and O–H groups in total. The minimum Gasteiger partial charge on any atom is -0.493 e. The van der Waals surface area contributed by atoms with Crippen LogP contribution in [0.25, 0.3) is 10.9 Å². The fraction of sp³-hybridized carbons (Fsp3) is 0.481. The number of aromatic nitrogens is 2. The van der Waals surface area contributed by atoms with Gasteiger partial charge >= 0.3 is 5.92 Å². The van der Waals surface area contributed by atoms with Crippen molar-refractivity contribution in [3.05, 3.63) is 53.1 Å². The molecule has 8 nitrogen and oxygen atoms in total. The summed E-state index contributed by atoms with van der Waals surface area (Å²) in [5.74, 6) is -3.22. The highest BCUT2D eigenvalue weighted by atomic mass is 19.3. The lowest BCUT2D eigenvalue weighted by Gasteiger charge is -2.30. The molecule has 1 saturated heterocycles. The van der Waals surface area contributed by atoms with Crippen molar-refractivity contribution < 1.29 is 37.2 Å². The zero-order valence-electron chi connectivity index (χ0n) is 22.0. The Kier molecular flexibility index (Phi) is 8.01. The fourth-order valence-corrected chi connectivity index (χ4v) is 4.19. The third kappa shape index (κ3) is 5.64. The summed E-state index contributed by atoms with van der Waals surface area (Å²) in [6.07, 6.45) is -0.228. The molecule has 0 radical (unpaired) electrons. The van der Waals surface area contributed by atoms with Crippen LogP contribution in [0.5, 0.6) is 11.5 Å². The van der Waals surface area contributed by atoms with Crippen LogP contribution >= 0.6 is 0 Å². The van der Waals surface area contributed by atoms with E-state index in [0.717, 1.165) is 19.9 Å². The standard InChI is InChI=1S/C27H32F3N3O5/c1-15(18-7-6-8-20(24(18)28)27(29,30)26(3,4)34)31-25-19-11-23(38-14-17-13-36-9-10-37-17)22(35-5)12-21(19)32-16(2)33-25/h6-8,11-12,15,17,34H,9-10,13-14H2,1-5H3,(H,31,32,33)/t15-,17-/m1/s1. The summed E-state index contributed by atoms with van der Waals surface area (Å²) in [6, 6.07) is 6.38. The summed E-state index contributed by atoms with van der Waals surface area (Å²) in [7, 11) is 1.52. The molecule has 1 aliphatic rings. The molecular weight excluding hydrogens is 503 g/mol. The number of nitrogens with zero attached hydrogens (tertiary/aromatic N) is 2. The molecule has 0 bridgehead atoms. The minimum absolute atomic E-state index is 0.00438. The van der Waals surface area contributed by atoms with E-state index >= 15 is 4.39 Å². The van der Waals surface area contributed by atoms with Crippen LogP contribution in [0.2, 0.25) is 0 Å². The fourth-order valence-electron chi connectivity index (χ4n) is 4.19. The zero-order chi connectivity index (χ0) is 27.7. The quantitative estimate of drug-likeness (QED) is 0.399. The van der Waals surface area contributed by atoms with Crippen LogP contribution in [0.1, 0.15) is 43.8 Å². The number of halogens is 3. The Balaban J connectivity index is 1.67. The molecule has 4 rings (SSSR count). The van der Waals surface area contributed by atoms with Crippen molar-refractivity contribution in [3.63, 3.8) is 0 Å². The topological polar surface area (TPSA) is 95.0 Å². The predicted molar refractivity (Wildman–Crippen MR) is 136 cm³/mol. The highest BCUT2D eigenvalue weighted by molar-refractivity contribution is 5.92. The van der Waals surface area contributed by atoms with Crippen molar-refractivity contribution >= 4 is 16.7 Å². The van der Waals surface area contributed by atoms with Crippen LogP contribution in [0.15, 0.2) is 30.3 Å². The number of hydrogen-bond acceptors (Lipinski definition) is 8. The molecule has 2 aromatic carbocycles. The summed E-state index contributed by atoms with van der Waals surface area (Å²) < 4.78 is 67.5. The highest BCUT2D eigenvalue weighted by Gasteiger charge is 2.49. The maximum absolute atomic E-state index is 15.4. The maximum Gasteiger partial charge on any atom is 0.303 e. The second-order valence-corrected chi connectivity index (χ2v) is 9.73. The molecule has 2 heterocycles. The monoisotopic (exact) mass is 535 g/mol. The normalized spacial score (nSPS) is 17.3. The molecule has 0 aliphatic carbocycles. The van der Waals surface area contributed by atoms with E-state index in [2.05, 4.69) is 15.3 Å². The van der Waals surface area contributed by atoms with E-state index in [1.54, 1.807) is 26.0 Å². The van der Waals surface area contributed by atoms with E-state index in [-0.39, 0.29) is 18.3 Å². The number of anilines is 1. The zero-order valence-corrected chi connectivity index (χ0v) is 22.0. The average Bonchev–Trinajstić information content (AvgIpc) is 2.86. The summed E-state index contributed by atoms with van der Waals surface area (Å²) >= 11 is 0. The molecular formula is C27H32F3N3O5. The maximum atomic E-state index is 15.4. The SMILES string of the molecule is COc1cc2nc(C)nc(N[C@H](C)c3cccc(C(F)(F)C(C)(C)O)c3F)c2cc1OC[C@H]1COCCO1. The number of alkyl halides is 2. The van der Waals surface area contributed by atoms with Crippen molar-refractivity contribution in [3.8, 4) is 11.5 Å². The third-order valence-corrected chi connectivity index (χ3v) is 6.36. The second-order valence-electron chi connectivity index (χ2n) is 9.73. The van der Waals surface area contributed by atoms with Crippen molar-refractivity contribution in [1.29, 1.82) is 0 Å². The number of fused-ring (bicyclic) bond motifs is 1. The summed E-state index contributed by atoms with van der Waals surface area (Å²) in [5.41, 5.74) is -2.78. The van der Waals surface area contributed by atoms with Gasteiger partial charge in [0.15, 0.2) is 11.5 Å². The van der Waals surface area contributed by atoms with Crippen LogP contribution in [0.3, 0.4) is 0 Å². The molecule has 1 aliphatic heterocycles. The van der Waals surface area contributed by atoms with Gasteiger partial charge in [0, 0.05) is 17.0 Å². The summed E-state index contributed by atoms with van der Waals surface area (Å²) in [4.78, 5) is 8.95. The van der Waals surface area contributed by atoms with Gasteiger partial charge in [-0.25, -0.2) is 14.4 Å². The van der Waals surface area contributed by atoms with Gasteiger partial charge in [0.2, 0.25) is 0 Å². The Morgan fingerprint density at radius 2 is 1.95 bits per heavy atom. The van der Waals surface area contributed by atoms with Crippen molar-refractivity contribution in [2.75, 3.05) is 38.9 Å². The van der Waals surface area contributed by atoms with Crippen LogP contribution in [-0.2, 0) is 15.4 Å². The van der Waals surface area contributed by atoms with Gasteiger partial charge in [0.05, 0.1) is 44.1 Å². The number of ether oxygens (including phenoxy) is 4. The van der Waals surface area contributed by atoms with Gasteiger partial charge in [-0.05, 0) is 39.8 Å². The molecule has 0 unspecified atom stereocenters. The number of nitrogens with one attached hydrogen (secondary N) is 1. The average molecular weight is 536 g/mol. The Hall–Kier alpha value is -3.15. The van der Waals surface area contributed by atoms with E-state index in [0.29, 0.717) is 53.9 Å². The van der Waals surface area contributed by atoms with Crippen LogP contribution < -0.4 is 14.8 Å². The van der Waals surface area contributed by atoms with Gasteiger partial charge in [-0.15, -0.1) is 0 Å². The number of benzene rings is 2. The number of hydrogen-bond donors (Lipinski definition) is 2. The molecule has 1 fully saturated rings. The smallest absolute Gasteiger partial charge is 0.303 e. The first-order valence-electron chi connectivity index (χ1n) is 12.3. The molecule has 1 aromatic heterocycles. The number of aliphatic hydroxyl groups is 1. The van der Waals surface area contributed by atoms with Crippen LogP contribution in [0, 0.1) is 12.7 Å². The first-order valence-corrected chi connectivity index (χ1v) is 12.3. The molecule has 11 heteroatoms. The summed E-state index contributed by atoms with van der Waals surface area (Å²) in [5, 5.41) is 13.6. The minimum atomic E-state index is -3.80. The van der Waals surface area contributed by atoms with E-state index < -0.39 is 28.9 Å². The Labute approximate surface area is 219 Å². The lowest BCUT2D eigenvalue weighted by Crippen LogP contribution is -2.41. The number of rotatable bonds is 9. The van der Waals surface area contributed by atoms with Gasteiger partial charge < -0.3 is 29.4 Å². The largest absolute Gasteiger partial charge is 0.493 e. The lowest BCUT2D eigenvalue weighted by molar-refractivity contribution is -0.170. The highest BCUT2D eigenvalue weighted by Crippen LogP contribution is 2.42. The Bertz CT molecular complexity index is 1290. The Morgan fingerprint density at radius 1 is 1.18 bits per heavy atom. The number of methoxy groups -OCH3 is 1. The van der Waals surface area contributed by atoms with Gasteiger partial charge in [0.1, 0.15) is 35.8 Å². The second kappa shape index (κ2) is 10.9. The van der Waals surface area contributed by atoms with Crippen molar-refractivity contribution in [1.82, 2.24) is 9.97 Å². The van der Waals surface area contributed by atoms with Crippen LogP contribution in [0.4, 0.5) is 19.0 Å². The van der Waals surface area contributed by atoms with Crippen LogP contribution in [-0.4, -0.2) is 60.3 Å². The third-order valence-electron chi connectivity index (χ3n) is 6.36. The molecule has 0 saturated carbocycles. The van der Waals surface area contributed by atoms with Gasteiger partial charge in [-0.1, -0.05) is 12.1 Å². The first-order chi connectivity index (χ1) is 17.9. The van der Waals surface area contributed by atoms with E-state index in [1.165, 1.54) is 19.2 Å². The van der Waals surface area contributed by atoms with Gasteiger partial charge in [-0.2, -0.15) is 8.78 Å². The van der Waals surface area contributed by atoms with Gasteiger partial charge in [0.25, 0.3) is 0 Å². The molecule has 38 heavy (non-hydrogen) atoms. The molecule has 0 spiro atoms. The van der Waals surface area contributed by atoms with E-state index in [1.807, 2.05) is 0 Å². The number of aryl methyl sites for hydroxylation is 1. The predicted octanol–water partition coefficient (Wildman–Crippen LogP) is 4.92. The molecule has 3 aromatic rings. The molecule has 0 amide bonds. The van der Waals surface area contributed by atoms with Gasteiger partial charge in [-0.3, -0.25) is 0 Å². The molecule has 206 valence electrons. The van der Waals surface area contributed by atoms with E-state index in [9.17, 15) is 13.9 Å². The first kappa shape index (κ1) is 27.9. The lowest BCUT2D eigenvalue weighted by atomic mass is 9.91. The summed E-state index contributed by atoms with van der Waals surface area (Å²) in [6.45, 7) is 6.91. The molecule has 2 atom stereocenters. The van der Waals surface area contributed by atoms with E-state index in [4.69, 9.17) is 18.9 Å². The van der Waals surface area contributed by atoms with Crippen molar-refractivity contribution in [2.24, 2.45) is 0 Å².